The standard InChI is InChI=1S/C38H54O3/c1-3-5-7-9-11-13-21-30-36(40-32-24-17-15-18-25-32)34-28-23-29-35(39)38(34)37(41-33-26-19-16-20-27-33)31-22-14-12-10-8-6-4-2/h15-20,23-29,36-37,39H,3-14,21-22,30-31H2,1-2H3. The Hall–Kier alpha value is -2.94. The van der Waals surface area contributed by atoms with Crippen molar-refractivity contribution in [3.63, 3.8) is 0 Å². The van der Waals surface area contributed by atoms with Gasteiger partial charge in [0.25, 0.3) is 0 Å². The number of benzene rings is 3. The monoisotopic (exact) mass is 558 g/mol. The van der Waals surface area contributed by atoms with Gasteiger partial charge in [-0.25, -0.2) is 0 Å². The van der Waals surface area contributed by atoms with Crippen molar-refractivity contribution in [3.05, 3.63) is 90.0 Å². The molecule has 0 saturated carbocycles. The number of rotatable bonds is 22. The van der Waals surface area contributed by atoms with Crippen LogP contribution >= 0.6 is 0 Å². The molecule has 41 heavy (non-hydrogen) atoms. The highest BCUT2D eigenvalue weighted by molar-refractivity contribution is 5.43. The fraction of sp³-hybridized carbons (Fsp3) is 0.526. The predicted molar refractivity (Wildman–Crippen MR) is 173 cm³/mol. The fourth-order valence-corrected chi connectivity index (χ4v) is 5.64. The zero-order chi connectivity index (χ0) is 29.0. The second-order valence-electron chi connectivity index (χ2n) is 11.4. The van der Waals surface area contributed by atoms with E-state index < -0.39 is 0 Å². The van der Waals surface area contributed by atoms with E-state index >= 15 is 0 Å². The third-order valence-electron chi connectivity index (χ3n) is 7.97. The van der Waals surface area contributed by atoms with E-state index in [9.17, 15) is 5.11 Å². The minimum atomic E-state index is -0.236. The summed E-state index contributed by atoms with van der Waals surface area (Å²) in [6, 6.07) is 26.0. The molecule has 0 aliphatic heterocycles. The maximum Gasteiger partial charge on any atom is 0.128 e. The predicted octanol–water partition coefficient (Wildman–Crippen LogP) is 11.9. The lowest BCUT2D eigenvalue weighted by Crippen LogP contribution is -2.16. The quantitative estimate of drug-likeness (QED) is 0.125. The van der Waals surface area contributed by atoms with Crippen molar-refractivity contribution < 1.29 is 14.6 Å². The number of phenols is 1. The van der Waals surface area contributed by atoms with Gasteiger partial charge in [0.15, 0.2) is 0 Å². The van der Waals surface area contributed by atoms with Crippen LogP contribution in [0.25, 0.3) is 0 Å². The van der Waals surface area contributed by atoms with Crippen LogP contribution < -0.4 is 9.47 Å². The van der Waals surface area contributed by atoms with E-state index in [1.54, 1.807) is 6.07 Å². The average Bonchev–Trinajstić information content (AvgIpc) is 3.00. The first-order valence-electron chi connectivity index (χ1n) is 16.5. The minimum Gasteiger partial charge on any atom is -0.508 e. The van der Waals surface area contributed by atoms with E-state index in [1.807, 2.05) is 66.7 Å². The minimum absolute atomic E-state index is 0.147. The van der Waals surface area contributed by atoms with E-state index in [2.05, 4.69) is 19.9 Å². The van der Waals surface area contributed by atoms with E-state index in [0.29, 0.717) is 5.75 Å². The van der Waals surface area contributed by atoms with Crippen molar-refractivity contribution in [1.82, 2.24) is 0 Å². The largest absolute Gasteiger partial charge is 0.508 e. The van der Waals surface area contributed by atoms with Crippen LogP contribution in [0, 0.1) is 0 Å². The lowest BCUT2D eigenvalue weighted by atomic mass is 9.91. The molecule has 224 valence electrons. The van der Waals surface area contributed by atoms with Crippen LogP contribution in [0.4, 0.5) is 0 Å². The van der Waals surface area contributed by atoms with Crippen LogP contribution in [0.2, 0.25) is 0 Å². The van der Waals surface area contributed by atoms with Gasteiger partial charge in [-0.05, 0) is 56.0 Å². The Balaban J connectivity index is 1.81. The van der Waals surface area contributed by atoms with Crippen molar-refractivity contribution in [2.24, 2.45) is 0 Å². The van der Waals surface area contributed by atoms with Gasteiger partial charge >= 0.3 is 0 Å². The number of para-hydroxylation sites is 2. The molecule has 3 rings (SSSR count). The van der Waals surface area contributed by atoms with Gasteiger partial charge in [-0.15, -0.1) is 0 Å². The second-order valence-corrected chi connectivity index (χ2v) is 11.4. The van der Waals surface area contributed by atoms with Crippen LogP contribution in [0.1, 0.15) is 140 Å². The van der Waals surface area contributed by atoms with Crippen LogP contribution in [-0.4, -0.2) is 5.11 Å². The SMILES string of the molecule is CCCCCCCCCC(Oc1ccccc1)c1cccc(O)c1C(CCCCCCCCC)Oc1ccccc1. The van der Waals surface area contributed by atoms with E-state index in [-0.39, 0.29) is 12.2 Å². The first-order valence-corrected chi connectivity index (χ1v) is 16.5. The molecule has 3 aromatic rings. The third kappa shape index (κ3) is 12.2. The molecule has 2 atom stereocenters. The number of aromatic hydroxyl groups is 1. The Labute approximate surface area is 250 Å². The summed E-state index contributed by atoms with van der Waals surface area (Å²) in [7, 11) is 0. The third-order valence-corrected chi connectivity index (χ3v) is 7.97. The first-order chi connectivity index (χ1) is 20.2. The molecular formula is C38H54O3. The summed E-state index contributed by atoms with van der Waals surface area (Å²) < 4.78 is 13.3. The average molecular weight is 559 g/mol. The number of hydrogen-bond acceptors (Lipinski definition) is 3. The first kappa shape index (κ1) is 32.6. The van der Waals surface area contributed by atoms with Crippen molar-refractivity contribution >= 4 is 0 Å². The van der Waals surface area contributed by atoms with Gasteiger partial charge in [0, 0.05) is 11.1 Å². The van der Waals surface area contributed by atoms with Crippen molar-refractivity contribution in [2.45, 2.75) is 129 Å². The Kier molecular flexibility index (Phi) is 15.9. The molecule has 0 radical (unpaired) electrons. The molecule has 3 aromatic carbocycles. The molecule has 0 aliphatic rings. The van der Waals surface area contributed by atoms with E-state index in [1.165, 1.54) is 77.0 Å². The summed E-state index contributed by atoms with van der Waals surface area (Å²) in [4.78, 5) is 0. The molecule has 1 N–H and O–H groups in total. The lowest BCUT2D eigenvalue weighted by molar-refractivity contribution is 0.164. The Bertz CT molecular complexity index is 1050. The van der Waals surface area contributed by atoms with Crippen LogP contribution in [-0.2, 0) is 0 Å². The van der Waals surface area contributed by atoms with Gasteiger partial charge in [0.2, 0.25) is 0 Å². The van der Waals surface area contributed by atoms with E-state index in [0.717, 1.165) is 48.3 Å². The van der Waals surface area contributed by atoms with Crippen LogP contribution in [0.3, 0.4) is 0 Å². The normalized spacial score (nSPS) is 12.6. The van der Waals surface area contributed by atoms with Crippen LogP contribution in [0.5, 0.6) is 17.2 Å². The van der Waals surface area contributed by atoms with Crippen LogP contribution in [0.15, 0.2) is 78.9 Å². The lowest BCUT2D eigenvalue weighted by Gasteiger charge is -2.27. The summed E-state index contributed by atoms with van der Waals surface area (Å²) in [6.07, 6.45) is 18.9. The highest BCUT2D eigenvalue weighted by Gasteiger charge is 2.26. The number of ether oxygens (including phenoxy) is 2. The maximum atomic E-state index is 11.3. The van der Waals surface area contributed by atoms with Gasteiger partial charge in [0.1, 0.15) is 29.5 Å². The molecule has 0 bridgehead atoms. The van der Waals surface area contributed by atoms with Gasteiger partial charge in [-0.3, -0.25) is 0 Å². The molecule has 3 heteroatoms. The molecule has 3 nitrogen and oxygen atoms in total. The Morgan fingerprint density at radius 2 is 0.927 bits per heavy atom. The summed E-state index contributed by atoms with van der Waals surface area (Å²) in [5.41, 5.74) is 1.93. The highest BCUT2D eigenvalue weighted by Crippen LogP contribution is 2.40. The molecule has 0 spiro atoms. The second kappa shape index (κ2) is 20.0. The molecule has 0 saturated heterocycles. The highest BCUT2D eigenvalue weighted by atomic mass is 16.5. The van der Waals surface area contributed by atoms with Crippen molar-refractivity contribution in [1.29, 1.82) is 0 Å². The summed E-state index contributed by atoms with van der Waals surface area (Å²) >= 11 is 0. The van der Waals surface area contributed by atoms with Gasteiger partial charge in [-0.2, -0.15) is 0 Å². The zero-order valence-corrected chi connectivity index (χ0v) is 25.7. The van der Waals surface area contributed by atoms with Gasteiger partial charge < -0.3 is 14.6 Å². The molecule has 0 fully saturated rings. The molecule has 0 amide bonds. The molecule has 2 unspecified atom stereocenters. The maximum absolute atomic E-state index is 11.3. The van der Waals surface area contributed by atoms with Crippen molar-refractivity contribution in [3.8, 4) is 17.2 Å². The number of hydrogen-bond donors (Lipinski definition) is 1. The molecule has 0 heterocycles. The Morgan fingerprint density at radius 1 is 0.488 bits per heavy atom. The zero-order valence-electron chi connectivity index (χ0n) is 25.7. The van der Waals surface area contributed by atoms with E-state index in [4.69, 9.17) is 9.47 Å². The fourth-order valence-electron chi connectivity index (χ4n) is 5.64. The summed E-state index contributed by atoms with van der Waals surface area (Å²) in [5, 5.41) is 11.3. The topological polar surface area (TPSA) is 38.7 Å². The number of phenolic OH excluding ortho intramolecular Hbond substituents is 1. The Morgan fingerprint density at radius 3 is 1.44 bits per heavy atom. The number of unbranched alkanes of at least 4 members (excludes halogenated alkanes) is 12. The molecular weight excluding hydrogens is 504 g/mol. The van der Waals surface area contributed by atoms with Gasteiger partial charge in [-0.1, -0.05) is 139 Å². The summed E-state index contributed by atoms with van der Waals surface area (Å²) in [6.45, 7) is 4.53. The summed E-state index contributed by atoms with van der Waals surface area (Å²) in [5.74, 6) is 2.00. The smallest absolute Gasteiger partial charge is 0.128 e. The van der Waals surface area contributed by atoms with Crippen molar-refractivity contribution in [2.75, 3.05) is 0 Å². The molecule has 0 aliphatic carbocycles. The molecule has 0 aromatic heterocycles. The van der Waals surface area contributed by atoms with Gasteiger partial charge in [0.05, 0.1) is 0 Å².